The third kappa shape index (κ3) is 4.35. The second kappa shape index (κ2) is 8.23. The predicted octanol–water partition coefficient (Wildman–Crippen LogP) is 3.29. The molecule has 1 aliphatic rings. The summed E-state index contributed by atoms with van der Waals surface area (Å²) in [4.78, 5) is 24.4. The monoisotopic (exact) mass is 372 g/mol. The summed E-state index contributed by atoms with van der Waals surface area (Å²) < 4.78 is 5.42. The Labute approximate surface area is 157 Å². The third-order valence-electron chi connectivity index (χ3n) is 4.51. The molecule has 2 N–H and O–H groups in total. The summed E-state index contributed by atoms with van der Waals surface area (Å²) in [5.74, 6) is -0.308. The summed E-state index contributed by atoms with van der Waals surface area (Å²) in [6, 6.07) is 13.1. The summed E-state index contributed by atoms with van der Waals surface area (Å²) in [5.41, 5.74) is 8.04. The van der Waals surface area contributed by atoms with Crippen molar-refractivity contribution in [1.29, 1.82) is 0 Å². The Morgan fingerprint density at radius 1 is 1.19 bits per heavy atom. The van der Waals surface area contributed by atoms with E-state index in [1.807, 2.05) is 25.1 Å². The molecule has 0 heterocycles. The molecule has 6 heteroatoms. The van der Waals surface area contributed by atoms with Crippen molar-refractivity contribution in [3.63, 3.8) is 0 Å². The Balaban J connectivity index is 1.50. The number of nitrogens with one attached hydrogen (secondary N) is 2. The topological polar surface area (TPSA) is 67.4 Å². The fraction of sp³-hybridized carbons (Fsp3) is 0.300. The molecule has 2 amide bonds. The molecule has 0 spiro atoms. The van der Waals surface area contributed by atoms with Gasteiger partial charge in [-0.2, -0.15) is 0 Å². The highest BCUT2D eigenvalue weighted by molar-refractivity contribution is 6.31. The molecule has 0 radical (unpaired) electrons. The number of carbonyl (C=O) groups excluding carboxylic acids is 2. The fourth-order valence-corrected chi connectivity index (χ4v) is 3.25. The van der Waals surface area contributed by atoms with Gasteiger partial charge in [0.1, 0.15) is 5.75 Å². The smallest absolute Gasteiger partial charge is 0.276 e. The molecule has 2 aromatic carbocycles. The minimum atomic E-state index is -0.421. The van der Waals surface area contributed by atoms with Crippen LogP contribution in [0.4, 0.5) is 0 Å². The number of ether oxygens (including phenoxy) is 1. The lowest BCUT2D eigenvalue weighted by atomic mass is 9.82. The first-order chi connectivity index (χ1) is 12.5. The number of benzene rings is 2. The molecule has 0 bridgehead atoms. The lowest BCUT2D eigenvalue weighted by Crippen LogP contribution is -2.46. The molecule has 2 aromatic rings. The summed E-state index contributed by atoms with van der Waals surface area (Å²) in [6.45, 7) is 1.67. The standard InChI is InChI=1S/C20H21ClN2O3/c1-13-11-15(9-10-18(13)21)26-12-19(24)22-23-20(25)17-8-4-6-14-5-2-3-7-16(14)17/h2-3,5,7,9-11,17H,4,6,8,12H2,1H3,(H,22,24)(H,23,25). The van der Waals surface area contributed by atoms with Gasteiger partial charge < -0.3 is 4.74 Å². The van der Waals surface area contributed by atoms with E-state index in [2.05, 4.69) is 16.9 Å². The molecule has 3 rings (SSSR count). The van der Waals surface area contributed by atoms with Crippen molar-refractivity contribution in [2.75, 3.05) is 6.61 Å². The average Bonchev–Trinajstić information content (AvgIpc) is 2.66. The Hall–Kier alpha value is -2.53. The lowest BCUT2D eigenvalue weighted by molar-refractivity contribution is -0.130. The maximum absolute atomic E-state index is 12.4. The van der Waals surface area contributed by atoms with Crippen molar-refractivity contribution in [2.24, 2.45) is 0 Å². The zero-order valence-corrected chi connectivity index (χ0v) is 15.3. The van der Waals surface area contributed by atoms with E-state index < -0.39 is 5.91 Å². The number of hydrogen-bond acceptors (Lipinski definition) is 3. The summed E-state index contributed by atoms with van der Waals surface area (Å²) >= 11 is 5.96. The van der Waals surface area contributed by atoms with Gasteiger partial charge >= 0.3 is 0 Å². The van der Waals surface area contributed by atoms with Crippen LogP contribution in [0.1, 0.15) is 35.4 Å². The number of amides is 2. The van der Waals surface area contributed by atoms with Gasteiger partial charge in [-0.1, -0.05) is 35.9 Å². The van der Waals surface area contributed by atoms with Crippen LogP contribution in [-0.4, -0.2) is 18.4 Å². The number of fused-ring (bicyclic) bond motifs is 1. The molecule has 0 saturated carbocycles. The number of rotatable bonds is 4. The van der Waals surface area contributed by atoms with Crippen LogP contribution < -0.4 is 15.6 Å². The SMILES string of the molecule is Cc1cc(OCC(=O)NNC(=O)C2CCCc3ccccc32)ccc1Cl. The van der Waals surface area contributed by atoms with Gasteiger partial charge in [0.25, 0.3) is 5.91 Å². The van der Waals surface area contributed by atoms with Crippen LogP contribution in [0.3, 0.4) is 0 Å². The highest BCUT2D eigenvalue weighted by Gasteiger charge is 2.26. The number of carbonyl (C=O) groups is 2. The average molecular weight is 373 g/mol. The van der Waals surface area contributed by atoms with Gasteiger partial charge in [-0.3, -0.25) is 20.4 Å². The largest absolute Gasteiger partial charge is 0.484 e. The van der Waals surface area contributed by atoms with Gasteiger partial charge in [-0.25, -0.2) is 0 Å². The molecule has 1 aliphatic carbocycles. The maximum Gasteiger partial charge on any atom is 0.276 e. The molecule has 0 saturated heterocycles. The zero-order valence-electron chi connectivity index (χ0n) is 14.5. The van der Waals surface area contributed by atoms with Gasteiger partial charge in [0.2, 0.25) is 5.91 Å². The number of hydrogen-bond donors (Lipinski definition) is 2. The van der Waals surface area contributed by atoms with E-state index in [0.717, 1.165) is 30.4 Å². The Bertz CT molecular complexity index is 822. The summed E-state index contributed by atoms with van der Waals surface area (Å²) in [6.07, 6.45) is 2.72. The second-order valence-electron chi connectivity index (χ2n) is 6.38. The minimum Gasteiger partial charge on any atom is -0.484 e. The highest BCUT2D eigenvalue weighted by atomic mass is 35.5. The zero-order chi connectivity index (χ0) is 18.5. The second-order valence-corrected chi connectivity index (χ2v) is 6.79. The molecule has 1 unspecified atom stereocenters. The van der Waals surface area contributed by atoms with Crippen molar-refractivity contribution in [1.82, 2.24) is 10.9 Å². The van der Waals surface area contributed by atoms with Crippen LogP contribution in [0.5, 0.6) is 5.75 Å². The van der Waals surface area contributed by atoms with Crippen molar-refractivity contribution < 1.29 is 14.3 Å². The molecular formula is C20H21ClN2O3. The van der Waals surface area contributed by atoms with Crippen LogP contribution in [0, 0.1) is 6.92 Å². The van der Waals surface area contributed by atoms with Crippen LogP contribution in [0.25, 0.3) is 0 Å². The lowest BCUT2D eigenvalue weighted by Gasteiger charge is -2.24. The summed E-state index contributed by atoms with van der Waals surface area (Å²) in [7, 11) is 0. The molecule has 26 heavy (non-hydrogen) atoms. The van der Waals surface area contributed by atoms with Crippen molar-refractivity contribution in [2.45, 2.75) is 32.1 Å². The number of hydrazine groups is 1. The normalized spacial score (nSPS) is 15.7. The van der Waals surface area contributed by atoms with Crippen molar-refractivity contribution in [3.8, 4) is 5.75 Å². The third-order valence-corrected chi connectivity index (χ3v) is 4.93. The first-order valence-electron chi connectivity index (χ1n) is 8.60. The summed E-state index contributed by atoms with van der Waals surface area (Å²) in [5, 5.41) is 0.641. The van der Waals surface area contributed by atoms with Crippen molar-refractivity contribution >= 4 is 23.4 Å². The van der Waals surface area contributed by atoms with E-state index in [1.54, 1.807) is 18.2 Å². The molecular weight excluding hydrogens is 352 g/mol. The van der Waals surface area contributed by atoms with E-state index >= 15 is 0 Å². The van der Waals surface area contributed by atoms with E-state index in [1.165, 1.54) is 5.56 Å². The van der Waals surface area contributed by atoms with Crippen molar-refractivity contribution in [3.05, 3.63) is 64.2 Å². The Morgan fingerprint density at radius 3 is 2.81 bits per heavy atom. The predicted molar refractivity (Wildman–Crippen MR) is 100 cm³/mol. The van der Waals surface area contributed by atoms with E-state index in [-0.39, 0.29) is 18.4 Å². The molecule has 1 atom stereocenters. The molecule has 136 valence electrons. The Kier molecular flexibility index (Phi) is 5.78. The van der Waals surface area contributed by atoms with E-state index in [4.69, 9.17) is 16.3 Å². The van der Waals surface area contributed by atoms with Gasteiger partial charge in [-0.05, 0) is 61.1 Å². The van der Waals surface area contributed by atoms with Crippen LogP contribution in [-0.2, 0) is 16.0 Å². The molecule has 0 fully saturated rings. The first-order valence-corrected chi connectivity index (χ1v) is 8.98. The van der Waals surface area contributed by atoms with Gasteiger partial charge in [-0.15, -0.1) is 0 Å². The first kappa shape index (κ1) is 18.3. The van der Waals surface area contributed by atoms with Crippen LogP contribution in [0.15, 0.2) is 42.5 Å². The quantitative estimate of drug-likeness (QED) is 0.809. The fourth-order valence-electron chi connectivity index (χ4n) is 3.14. The van der Waals surface area contributed by atoms with Crippen LogP contribution >= 0.6 is 11.6 Å². The van der Waals surface area contributed by atoms with Gasteiger partial charge in [0.05, 0.1) is 5.92 Å². The highest BCUT2D eigenvalue weighted by Crippen LogP contribution is 2.31. The number of halogens is 1. The molecule has 0 aliphatic heterocycles. The molecule has 5 nitrogen and oxygen atoms in total. The van der Waals surface area contributed by atoms with Crippen LogP contribution in [0.2, 0.25) is 5.02 Å². The number of aryl methyl sites for hydroxylation is 2. The van der Waals surface area contributed by atoms with E-state index in [9.17, 15) is 9.59 Å². The van der Waals surface area contributed by atoms with E-state index in [0.29, 0.717) is 10.8 Å². The molecule has 0 aromatic heterocycles. The minimum absolute atomic E-state index is 0.192. The maximum atomic E-state index is 12.4. The Morgan fingerprint density at radius 2 is 2.00 bits per heavy atom. The van der Waals surface area contributed by atoms with Gasteiger partial charge in [0, 0.05) is 5.02 Å². The van der Waals surface area contributed by atoms with Gasteiger partial charge in [0.15, 0.2) is 6.61 Å².